The van der Waals surface area contributed by atoms with Crippen molar-refractivity contribution in [3.05, 3.63) is 60.2 Å². The van der Waals surface area contributed by atoms with Gasteiger partial charge in [0.05, 0.1) is 4.90 Å². The van der Waals surface area contributed by atoms with Crippen molar-refractivity contribution in [3.63, 3.8) is 0 Å². The van der Waals surface area contributed by atoms with E-state index in [2.05, 4.69) is 4.98 Å². The molecule has 0 bridgehead atoms. The van der Waals surface area contributed by atoms with Gasteiger partial charge >= 0.3 is 0 Å². The SMILES string of the molecule is Cc1cccc2[nH]c(S(=O)(=O)c3ccccc3)cc12. The normalized spacial score (nSPS) is 11.8. The molecule has 0 radical (unpaired) electrons. The van der Waals surface area contributed by atoms with Crippen LogP contribution in [0.25, 0.3) is 10.9 Å². The molecule has 0 saturated carbocycles. The van der Waals surface area contributed by atoms with Crippen molar-refractivity contribution in [2.45, 2.75) is 16.8 Å². The molecule has 0 amide bonds. The van der Waals surface area contributed by atoms with Gasteiger partial charge in [-0.1, -0.05) is 30.3 Å². The number of hydrogen-bond donors (Lipinski definition) is 1. The molecule has 0 spiro atoms. The lowest BCUT2D eigenvalue weighted by atomic mass is 10.1. The van der Waals surface area contributed by atoms with Crippen LogP contribution in [0.2, 0.25) is 0 Å². The van der Waals surface area contributed by atoms with Crippen LogP contribution in [0.5, 0.6) is 0 Å². The minimum Gasteiger partial charge on any atom is -0.345 e. The van der Waals surface area contributed by atoms with Crippen LogP contribution < -0.4 is 0 Å². The zero-order valence-corrected chi connectivity index (χ0v) is 11.2. The average Bonchev–Trinajstić information content (AvgIpc) is 2.86. The molecule has 19 heavy (non-hydrogen) atoms. The number of hydrogen-bond acceptors (Lipinski definition) is 2. The predicted octanol–water partition coefficient (Wildman–Crippen LogP) is 3.31. The van der Waals surface area contributed by atoms with Gasteiger partial charge < -0.3 is 4.98 Å². The summed E-state index contributed by atoms with van der Waals surface area (Å²) < 4.78 is 25.0. The quantitative estimate of drug-likeness (QED) is 0.777. The van der Waals surface area contributed by atoms with Crippen LogP contribution in [0.1, 0.15) is 5.56 Å². The predicted molar refractivity (Wildman–Crippen MR) is 74.9 cm³/mol. The molecule has 0 aliphatic heterocycles. The first-order valence-corrected chi connectivity index (χ1v) is 7.46. The molecule has 3 rings (SSSR count). The minimum atomic E-state index is -3.47. The molecule has 1 heterocycles. The molecule has 96 valence electrons. The number of nitrogens with one attached hydrogen (secondary N) is 1. The van der Waals surface area contributed by atoms with Crippen molar-refractivity contribution in [2.75, 3.05) is 0 Å². The minimum absolute atomic E-state index is 0.239. The lowest BCUT2D eigenvalue weighted by Crippen LogP contribution is -2.01. The number of rotatable bonds is 2. The van der Waals surface area contributed by atoms with E-state index in [-0.39, 0.29) is 5.03 Å². The standard InChI is InChI=1S/C15H13NO2S/c1-11-6-5-9-14-13(11)10-15(16-14)19(17,18)12-7-3-2-4-8-12/h2-10,16H,1H3. The lowest BCUT2D eigenvalue weighted by molar-refractivity contribution is 0.593. The summed E-state index contributed by atoms with van der Waals surface area (Å²) in [5.74, 6) is 0. The molecule has 4 heteroatoms. The molecular weight excluding hydrogens is 258 g/mol. The molecule has 1 N–H and O–H groups in total. The van der Waals surface area contributed by atoms with E-state index in [0.717, 1.165) is 16.5 Å². The van der Waals surface area contributed by atoms with Gasteiger partial charge in [-0.2, -0.15) is 0 Å². The van der Waals surface area contributed by atoms with Gasteiger partial charge in [-0.3, -0.25) is 0 Å². The maximum atomic E-state index is 12.5. The second-order valence-corrected chi connectivity index (χ2v) is 6.40. The van der Waals surface area contributed by atoms with E-state index in [1.54, 1.807) is 36.4 Å². The highest BCUT2D eigenvalue weighted by atomic mass is 32.2. The molecule has 3 aromatic rings. The Kier molecular flexibility index (Phi) is 2.68. The van der Waals surface area contributed by atoms with Crippen LogP contribution in [0, 0.1) is 6.92 Å². The van der Waals surface area contributed by atoms with E-state index in [1.165, 1.54) is 0 Å². The molecule has 3 nitrogen and oxygen atoms in total. The summed E-state index contributed by atoms with van der Waals surface area (Å²) in [7, 11) is -3.47. The smallest absolute Gasteiger partial charge is 0.221 e. The second kappa shape index (κ2) is 4.24. The Morgan fingerprint density at radius 2 is 1.68 bits per heavy atom. The monoisotopic (exact) mass is 271 g/mol. The van der Waals surface area contributed by atoms with Crippen molar-refractivity contribution in [2.24, 2.45) is 0 Å². The van der Waals surface area contributed by atoms with Gasteiger partial charge in [0.1, 0.15) is 5.03 Å². The third-order valence-electron chi connectivity index (χ3n) is 3.20. The van der Waals surface area contributed by atoms with Gasteiger partial charge in [0.25, 0.3) is 0 Å². The number of aromatic nitrogens is 1. The third kappa shape index (κ3) is 1.94. The maximum absolute atomic E-state index is 12.5. The molecule has 0 fully saturated rings. The zero-order valence-electron chi connectivity index (χ0n) is 10.4. The maximum Gasteiger partial charge on any atom is 0.221 e. The fraction of sp³-hybridized carbons (Fsp3) is 0.0667. The van der Waals surface area contributed by atoms with Crippen molar-refractivity contribution in [1.82, 2.24) is 4.98 Å². The van der Waals surface area contributed by atoms with Crippen LogP contribution in [0.15, 0.2) is 64.5 Å². The number of aromatic amines is 1. The second-order valence-electron chi connectivity index (χ2n) is 4.49. The van der Waals surface area contributed by atoms with Gasteiger partial charge in [0, 0.05) is 10.9 Å². The Morgan fingerprint density at radius 1 is 0.947 bits per heavy atom. The van der Waals surface area contributed by atoms with Crippen molar-refractivity contribution < 1.29 is 8.42 Å². The first kappa shape index (κ1) is 12.0. The number of sulfone groups is 1. The Morgan fingerprint density at radius 3 is 2.37 bits per heavy atom. The fourth-order valence-electron chi connectivity index (χ4n) is 2.15. The number of benzene rings is 2. The Labute approximate surface area is 111 Å². The molecule has 0 saturated heterocycles. The summed E-state index contributed by atoms with van der Waals surface area (Å²) in [4.78, 5) is 3.29. The summed E-state index contributed by atoms with van der Waals surface area (Å²) in [5, 5.41) is 1.18. The molecule has 0 atom stereocenters. The molecule has 0 aliphatic carbocycles. The van der Waals surface area contributed by atoms with E-state index in [1.807, 2.05) is 25.1 Å². The summed E-state index contributed by atoms with van der Waals surface area (Å²) >= 11 is 0. The number of H-pyrrole nitrogens is 1. The van der Waals surface area contributed by atoms with Crippen LogP contribution in [0.3, 0.4) is 0 Å². The summed E-state index contributed by atoms with van der Waals surface area (Å²) in [6.45, 7) is 1.97. The van der Waals surface area contributed by atoms with Gasteiger partial charge in [-0.15, -0.1) is 0 Å². The summed E-state index contributed by atoms with van der Waals surface area (Å²) in [5.41, 5.74) is 1.90. The molecule has 0 aliphatic rings. The van der Waals surface area contributed by atoms with E-state index in [9.17, 15) is 8.42 Å². The topological polar surface area (TPSA) is 49.9 Å². The Balaban J connectivity index is 2.22. The summed E-state index contributed by atoms with van der Waals surface area (Å²) in [6, 6.07) is 15.9. The third-order valence-corrected chi connectivity index (χ3v) is 4.89. The number of fused-ring (bicyclic) bond motifs is 1. The van der Waals surface area contributed by atoms with E-state index in [4.69, 9.17) is 0 Å². The van der Waals surface area contributed by atoms with E-state index >= 15 is 0 Å². The summed E-state index contributed by atoms with van der Waals surface area (Å²) in [6.07, 6.45) is 0. The zero-order chi connectivity index (χ0) is 13.5. The van der Waals surface area contributed by atoms with Crippen LogP contribution in [0.4, 0.5) is 0 Å². The average molecular weight is 271 g/mol. The van der Waals surface area contributed by atoms with Crippen LogP contribution in [-0.2, 0) is 9.84 Å². The van der Waals surface area contributed by atoms with Gasteiger partial charge in [0.15, 0.2) is 0 Å². The molecule has 1 aromatic heterocycles. The molecular formula is C15H13NO2S. The first-order chi connectivity index (χ1) is 9.09. The molecule has 0 unspecified atom stereocenters. The highest BCUT2D eigenvalue weighted by Gasteiger charge is 2.19. The van der Waals surface area contributed by atoms with Gasteiger partial charge in [0.2, 0.25) is 9.84 Å². The lowest BCUT2D eigenvalue weighted by Gasteiger charge is -2.00. The van der Waals surface area contributed by atoms with Crippen molar-refractivity contribution in [3.8, 4) is 0 Å². The van der Waals surface area contributed by atoms with Crippen LogP contribution >= 0.6 is 0 Å². The number of aryl methyl sites for hydroxylation is 1. The Bertz CT molecular complexity index is 833. The Hall–Kier alpha value is -2.07. The highest BCUT2D eigenvalue weighted by Crippen LogP contribution is 2.25. The van der Waals surface area contributed by atoms with Crippen molar-refractivity contribution >= 4 is 20.7 Å². The first-order valence-electron chi connectivity index (χ1n) is 5.97. The van der Waals surface area contributed by atoms with Crippen molar-refractivity contribution in [1.29, 1.82) is 0 Å². The van der Waals surface area contributed by atoms with E-state index < -0.39 is 9.84 Å². The highest BCUT2D eigenvalue weighted by molar-refractivity contribution is 7.91. The van der Waals surface area contributed by atoms with Gasteiger partial charge in [-0.25, -0.2) is 8.42 Å². The largest absolute Gasteiger partial charge is 0.345 e. The van der Waals surface area contributed by atoms with Crippen LogP contribution in [-0.4, -0.2) is 13.4 Å². The fourth-order valence-corrected chi connectivity index (χ4v) is 3.44. The van der Waals surface area contributed by atoms with E-state index in [0.29, 0.717) is 4.90 Å². The van der Waals surface area contributed by atoms with Gasteiger partial charge in [-0.05, 0) is 36.8 Å². The molecule has 2 aromatic carbocycles.